The molecule has 1 fully saturated rings. The summed E-state index contributed by atoms with van der Waals surface area (Å²) in [5, 5.41) is 12.7. The number of aromatic hydroxyl groups is 1. The fourth-order valence-electron chi connectivity index (χ4n) is 2.99. The molecule has 1 saturated carbocycles. The lowest BCUT2D eigenvalue weighted by molar-refractivity contribution is 0.268. The third kappa shape index (κ3) is 3.22. The van der Waals surface area contributed by atoms with Gasteiger partial charge in [-0.05, 0) is 42.4 Å². The molecule has 1 aliphatic rings. The fourth-order valence-corrected chi connectivity index (χ4v) is 2.99. The Morgan fingerprint density at radius 3 is 2.61 bits per heavy atom. The lowest BCUT2D eigenvalue weighted by Gasteiger charge is -2.27. The Balaban J connectivity index is 1.87. The van der Waals surface area contributed by atoms with E-state index in [1.807, 2.05) is 0 Å². The zero-order valence-corrected chi connectivity index (χ0v) is 11.0. The number of hydrogen-bond donors (Lipinski definition) is 2. The molecule has 0 aromatic heterocycles. The van der Waals surface area contributed by atoms with Gasteiger partial charge in [-0.15, -0.1) is 0 Å². The first kappa shape index (κ1) is 13.3. The molecule has 0 aliphatic heterocycles. The quantitative estimate of drug-likeness (QED) is 0.838. The van der Waals surface area contributed by atoms with Gasteiger partial charge in [0.15, 0.2) is 0 Å². The van der Waals surface area contributed by atoms with Crippen LogP contribution < -0.4 is 5.32 Å². The van der Waals surface area contributed by atoms with E-state index in [0.717, 1.165) is 18.2 Å². The van der Waals surface area contributed by atoms with Gasteiger partial charge in [0.05, 0.1) is 0 Å². The van der Waals surface area contributed by atoms with Crippen molar-refractivity contribution in [2.45, 2.75) is 45.6 Å². The highest BCUT2D eigenvalue weighted by atomic mass is 19.1. The smallest absolute Gasteiger partial charge is 0.127 e. The minimum absolute atomic E-state index is 0.00197. The molecule has 0 bridgehead atoms. The maximum absolute atomic E-state index is 13.1. The van der Waals surface area contributed by atoms with Crippen molar-refractivity contribution in [3.05, 3.63) is 29.6 Å². The average molecular weight is 251 g/mol. The molecule has 2 N–H and O–H groups in total. The Morgan fingerprint density at radius 2 is 2.00 bits per heavy atom. The Hall–Kier alpha value is -1.09. The second-order valence-corrected chi connectivity index (χ2v) is 5.48. The van der Waals surface area contributed by atoms with Crippen molar-refractivity contribution >= 4 is 0 Å². The van der Waals surface area contributed by atoms with Gasteiger partial charge in [-0.2, -0.15) is 0 Å². The number of phenolic OH excluding ortho intramolecular Hbond substituents is 1. The van der Waals surface area contributed by atoms with E-state index in [0.29, 0.717) is 12.0 Å². The number of rotatable bonds is 5. The second-order valence-electron chi connectivity index (χ2n) is 5.48. The highest BCUT2D eigenvalue weighted by Crippen LogP contribution is 2.40. The summed E-state index contributed by atoms with van der Waals surface area (Å²) in [6, 6.07) is 4.22. The summed E-state index contributed by atoms with van der Waals surface area (Å²) < 4.78 is 13.1. The number of benzene rings is 1. The maximum Gasteiger partial charge on any atom is 0.127 e. The Morgan fingerprint density at radius 1 is 1.28 bits per heavy atom. The van der Waals surface area contributed by atoms with Crippen LogP contribution in [0.15, 0.2) is 18.2 Å². The predicted octanol–water partition coefficient (Wildman–Crippen LogP) is 3.59. The van der Waals surface area contributed by atoms with E-state index < -0.39 is 0 Å². The van der Waals surface area contributed by atoms with Crippen LogP contribution in [0.1, 0.15) is 44.6 Å². The van der Waals surface area contributed by atoms with Crippen LogP contribution in [0.2, 0.25) is 0 Å². The average Bonchev–Trinajstić information content (AvgIpc) is 2.77. The van der Waals surface area contributed by atoms with Crippen LogP contribution in [0.5, 0.6) is 5.75 Å². The number of hydrogen-bond acceptors (Lipinski definition) is 2. The molecule has 100 valence electrons. The van der Waals surface area contributed by atoms with Gasteiger partial charge < -0.3 is 10.4 Å². The summed E-state index contributed by atoms with van der Waals surface area (Å²) in [5.41, 5.74) is 1.24. The Labute approximate surface area is 108 Å². The van der Waals surface area contributed by atoms with Crippen molar-refractivity contribution in [3.8, 4) is 5.75 Å². The van der Waals surface area contributed by atoms with Crippen LogP contribution in [0.4, 0.5) is 4.39 Å². The number of nitrogens with one attached hydrogen (secondary N) is 1. The van der Waals surface area contributed by atoms with E-state index in [2.05, 4.69) is 12.2 Å². The largest absolute Gasteiger partial charge is 0.508 e. The molecule has 3 heteroatoms. The molecule has 0 spiro atoms. The second kappa shape index (κ2) is 5.70. The summed E-state index contributed by atoms with van der Waals surface area (Å²) in [5.74, 6) is -0.379. The predicted molar refractivity (Wildman–Crippen MR) is 71.0 cm³/mol. The zero-order chi connectivity index (χ0) is 13.0. The van der Waals surface area contributed by atoms with Gasteiger partial charge in [-0.25, -0.2) is 4.39 Å². The van der Waals surface area contributed by atoms with E-state index >= 15 is 0 Å². The van der Waals surface area contributed by atoms with Crippen molar-refractivity contribution in [3.63, 3.8) is 0 Å². The third-order valence-electron chi connectivity index (χ3n) is 4.19. The van der Waals surface area contributed by atoms with Gasteiger partial charge in [0.1, 0.15) is 11.6 Å². The van der Waals surface area contributed by atoms with Gasteiger partial charge in [-0.3, -0.25) is 0 Å². The number of phenols is 1. The molecule has 0 saturated heterocycles. The Kier molecular flexibility index (Phi) is 4.23. The maximum atomic E-state index is 13.1. The molecule has 0 amide bonds. The first-order valence-corrected chi connectivity index (χ1v) is 6.83. The van der Waals surface area contributed by atoms with Crippen LogP contribution in [0.25, 0.3) is 0 Å². The molecule has 1 aliphatic carbocycles. The van der Waals surface area contributed by atoms with Gasteiger partial charge in [0.2, 0.25) is 0 Å². The summed E-state index contributed by atoms with van der Waals surface area (Å²) in [4.78, 5) is 0. The van der Waals surface area contributed by atoms with E-state index in [9.17, 15) is 9.50 Å². The normalized spacial score (nSPS) is 18.1. The summed E-state index contributed by atoms with van der Waals surface area (Å²) in [6.45, 7) is 3.86. The van der Waals surface area contributed by atoms with Crippen molar-refractivity contribution in [1.29, 1.82) is 0 Å². The van der Waals surface area contributed by atoms with Crippen LogP contribution in [-0.2, 0) is 6.54 Å². The lowest BCUT2D eigenvalue weighted by Crippen LogP contribution is -2.31. The topological polar surface area (TPSA) is 32.3 Å². The molecule has 0 unspecified atom stereocenters. The Bertz CT molecular complexity index is 379. The molecule has 0 atom stereocenters. The highest BCUT2D eigenvalue weighted by molar-refractivity contribution is 5.28. The molecule has 2 nitrogen and oxygen atoms in total. The third-order valence-corrected chi connectivity index (χ3v) is 4.19. The molecule has 18 heavy (non-hydrogen) atoms. The molecule has 1 aromatic carbocycles. The van der Waals surface area contributed by atoms with E-state index in [1.54, 1.807) is 6.07 Å². The van der Waals surface area contributed by atoms with Crippen LogP contribution >= 0.6 is 0 Å². The van der Waals surface area contributed by atoms with Crippen LogP contribution in [0, 0.1) is 11.2 Å². The van der Waals surface area contributed by atoms with Crippen LogP contribution in [0.3, 0.4) is 0 Å². The summed E-state index contributed by atoms with van der Waals surface area (Å²) in [7, 11) is 0. The molecule has 1 aromatic rings. The summed E-state index contributed by atoms with van der Waals surface area (Å²) >= 11 is 0. The minimum atomic E-state index is -0.377. The van der Waals surface area contributed by atoms with E-state index in [-0.39, 0.29) is 11.6 Å². The molecular formula is C15H22FNO. The molecule has 0 radical (unpaired) electrons. The monoisotopic (exact) mass is 251 g/mol. The van der Waals surface area contributed by atoms with Crippen molar-refractivity contribution in [2.24, 2.45) is 5.41 Å². The highest BCUT2D eigenvalue weighted by Gasteiger charge is 2.31. The number of halogens is 1. The first-order chi connectivity index (χ1) is 8.63. The molecule has 0 heterocycles. The van der Waals surface area contributed by atoms with E-state index in [4.69, 9.17) is 0 Å². The molecule has 2 rings (SSSR count). The lowest BCUT2D eigenvalue weighted by atomic mass is 9.83. The SMILES string of the molecule is CCC1(CNCc2cc(O)cc(F)c2)CCCC1. The van der Waals surface area contributed by atoms with Gasteiger partial charge in [-0.1, -0.05) is 19.8 Å². The van der Waals surface area contributed by atoms with Gasteiger partial charge in [0.25, 0.3) is 0 Å². The fraction of sp³-hybridized carbons (Fsp3) is 0.600. The first-order valence-electron chi connectivity index (χ1n) is 6.83. The minimum Gasteiger partial charge on any atom is -0.508 e. The van der Waals surface area contributed by atoms with Crippen LogP contribution in [-0.4, -0.2) is 11.7 Å². The van der Waals surface area contributed by atoms with Gasteiger partial charge in [0, 0.05) is 19.2 Å². The van der Waals surface area contributed by atoms with Crippen molar-refractivity contribution in [1.82, 2.24) is 5.32 Å². The van der Waals surface area contributed by atoms with Crippen molar-refractivity contribution < 1.29 is 9.50 Å². The van der Waals surface area contributed by atoms with Crippen molar-refractivity contribution in [2.75, 3.05) is 6.54 Å². The zero-order valence-electron chi connectivity index (χ0n) is 11.0. The summed E-state index contributed by atoms with van der Waals surface area (Å²) in [6.07, 6.45) is 6.46. The standard InChI is InChI=1S/C15H22FNO/c1-2-15(5-3-4-6-15)11-17-10-12-7-13(16)9-14(18)8-12/h7-9,17-18H,2-6,10-11H2,1H3. The van der Waals surface area contributed by atoms with E-state index in [1.165, 1.54) is 38.2 Å². The molecular weight excluding hydrogens is 229 g/mol. The van der Waals surface area contributed by atoms with Gasteiger partial charge >= 0.3 is 0 Å².